The highest BCUT2D eigenvalue weighted by atomic mass is 32.2. The minimum atomic E-state index is -0.364. The number of aliphatic hydroxyl groups excluding tert-OH is 1. The molecule has 3 rings (SSSR count). The molecule has 0 radical (unpaired) electrons. The first-order valence-electron chi connectivity index (χ1n) is 8.43. The number of thioether (sulfide) groups is 2. The Bertz CT molecular complexity index is 663. The van der Waals surface area contributed by atoms with Gasteiger partial charge in [0.05, 0.1) is 26.4 Å². The van der Waals surface area contributed by atoms with Gasteiger partial charge in [-0.15, -0.1) is 10.2 Å². The summed E-state index contributed by atoms with van der Waals surface area (Å²) in [5.74, 6) is 2.35. The second-order valence-electron chi connectivity index (χ2n) is 5.85. The lowest BCUT2D eigenvalue weighted by atomic mass is 10.2. The van der Waals surface area contributed by atoms with Crippen molar-refractivity contribution in [2.24, 2.45) is 0 Å². The standard InChI is InChI=1S/C17H23N3O3S3/c1-22-15-4-2-13(3-5-15)11-24-16-18-19-17(26-16)25-12-14(21)10-20-6-8-23-9-7-20/h2-5,14,21H,6-12H2,1H3/t14-/m1/s1. The number of aromatic nitrogens is 2. The Hall–Kier alpha value is -0.840. The third kappa shape index (κ3) is 6.40. The molecule has 142 valence electrons. The second kappa shape index (κ2) is 10.5. The fraction of sp³-hybridized carbons (Fsp3) is 0.529. The van der Waals surface area contributed by atoms with Crippen LogP contribution >= 0.6 is 34.9 Å². The molecule has 0 unspecified atom stereocenters. The minimum absolute atomic E-state index is 0.364. The van der Waals surface area contributed by atoms with Crippen LogP contribution in [0.2, 0.25) is 0 Å². The molecule has 26 heavy (non-hydrogen) atoms. The summed E-state index contributed by atoms with van der Waals surface area (Å²) in [5.41, 5.74) is 1.22. The minimum Gasteiger partial charge on any atom is -0.497 e. The Morgan fingerprint density at radius 2 is 1.88 bits per heavy atom. The normalized spacial score (nSPS) is 16.5. The van der Waals surface area contributed by atoms with E-state index in [4.69, 9.17) is 9.47 Å². The monoisotopic (exact) mass is 413 g/mol. The number of methoxy groups -OCH3 is 1. The van der Waals surface area contributed by atoms with E-state index < -0.39 is 0 Å². The Morgan fingerprint density at radius 1 is 1.19 bits per heavy atom. The first-order valence-corrected chi connectivity index (χ1v) is 11.2. The van der Waals surface area contributed by atoms with Crippen LogP contribution in [0.15, 0.2) is 32.9 Å². The van der Waals surface area contributed by atoms with Gasteiger partial charge < -0.3 is 14.6 Å². The van der Waals surface area contributed by atoms with Gasteiger partial charge in [0.15, 0.2) is 8.68 Å². The lowest BCUT2D eigenvalue weighted by molar-refractivity contribution is 0.0188. The van der Waals surface area contributed by atoms with Crippen LogP contribution in [0.25, 0.3) is 0 Å². The highest BCUT2D eigenvalue weighted by Crippen LogP contribution is 2.31. The van der Waals surface area contributed by atoms with Crippen LogP contribution in [0, 0.1) is 0 Å². The van der Waals surface area contributed by atoms with Crippen LogP contribution < -0.4 is 4.74 Å². The average Bonchev–Trinajstić information content (AvgIpc) is 3.14. The lowest BCUT2D eigenvalue weighted by Gasteiger charge is -2.28. The van der Waals surface area contributed by atoms with E-state index in [2.05, 4.69) is 27.2 Å². The molecule has 0 aliphatic carbocycles. The third-order valence-electron chi connectivity index (χ3n) is 3.88. The molecule has 1 aromatic heterocycles. The van der Waals surface area contributed by atoms with Gasteiger partial charge in [-0.05, 0) is 17.7 Å². The van der Waals surface area contributed by atoms with Gasteiger partial charge in [0, 0.05) is 31.1 Å². The van der Waals surface area contributed by atoms with Gasteiger partial charge in [0.1, 0.15) is 5.75 Å². The summed E-state index contributed by atoms with van der Waals surface area (Å²) in [4.78, 5) is 2.24. The topological polar surface area (TPSA) is 67.7 Å². The number of benzene rings is 1. The Labute approximate surface area is 166 Å². The van der Waals surface area contributed by atoms with E-state index in [0.29, 0.717) is 12.3 Å². The molecule has 1 atom stereocenters. The first-order chi connectivity index (χ1) is 12.7. The molecule has 0 spiro atoms. The highest BCUT2D eigenvalue weighted by molar-refractivity contribution is 8.02. The maximum absolute atomic E-state index is 10.2. The van der Waals surface area contributed by atoms with Crippen LogP contribution in [0.5, 0.6) is 5.75 Å². The fourth-order valence-corrected chi connectivity index (χ4v) is 5.40. The van der Waals surface area contributed by atoms with Gasteiger partial charge in [-0.3, -0.25) is 4.90 Å². The molecule has 1 aromatic carbocycles. The first kappa shape index (κ1) is 19.9. The molecule has 1 aliphatic rings. The summed E-state index contributed by atoms with van der Waals surface area (Å²) in [6.45, 7) is 3.99. The zero-order chi connectivity index (χ0) is 18.2. The number of hydrogen-bond acceptors (Lipinski definition) is 9. The van der Waals surface area contributed by atoms with Gasteiger partial charge >= 0.3 is 0 Å². The number of hydrogen-bond donors (Lipinski definition) is 1. The average molecular weight is 414 g/mol. The molecule has 1 saturated heterocycles. The maximum Gasteiger partial charge on any atom is 0.175 e. The van der Waals surface area contributed by atoms with Gasteiger partial charge in [-0.1, -0.05) is 47.0 Å². The van der Waals surface area contributed by atoms with Crippen LogP contribution in [0.3, 0.4) is 0 Å². The maximum atomic E-state index is 10.2. The highest BCUT2D eigenvalue weighted by Gasteiger charge is 2.16. The van der Waals surface area contributed by atoms with Gasteiger partial charge in [0.2, 0.25) is 0 Å². The predicted octanol–water partition coefficient (Wildman–Crippen LogP) is 2.62. The summed E-state index contributed by atoms with van der Waals surface area (Å²) >= 11 is 4.83. The quantitative estimate of drug-likeness (QED) is 0.630. The second-order valence-corrected chi connectivity index (χ2v) is 9.32. The molecular weight excluding hydrogens is 390 g/mol. The van der Waals surface area contributed by atoms with Crippen molar-refractivity contribution in [3.8, 4) is 5.75 Å². The summed E-state index contributed by atoms with van der Waals surface area (Å²) in [6, 6.07) is 8.05. The van der Waals surface area contributed by atoms with Gasteiger partial charge in [-0.25, -0.2) is 0 Å². The van der Waals surface area contributed by atoms with Crippen molar-refractivity contribution in [3.05, 3.63) is 29.8 Å². The Balaban J connectivity index is 1.39. The van der Waals surface area contributed by atoms with E-state index in [9.17, 15) is 5.11 Å². The largest absolute Gasteiger partial charge is 0.497 e. The molecule has 0 saturated carbocycles. The van der Waals surface area contributed by atoms with Crippen molar-refractivity contribution in [1.82, 2.24) is 15.1 Å². The van der Waals surface area contributed by atoms with E-state index in [1.807, 2.05) is 12.1 Å². The number of ether oxygens (including phenoxy) is 2. The summed E-state index contributed by atoms with van der Waals surface area (Å²) < 4.78 is 12.4. The molecule has 2 heterocycles. The summed E-state index contributed by atoms with van der Waals surface area (Å²) in [6.07, 6.45) is -0.364. The van der Waals surface area contributed by atoms with Crippen LogP contribution in [0.1, 0.15) is 5.56 Å². The SMILES string of the molecule is COc1ccc(CSc2nnc(SC[C@H](O)CN3CCOCC3)s2)cc1. The van der Waals surface area contributed by atoms with E-state index in [-0.39, 0.29) is 6.10 Å². The molecule has 1 N–H and O–H groups in total. The molecule has 1 fully saturated rings. The zero-order valence-electron chi connectivity index (χ0n) is 14.7. The molecule has 9 heteroatoms. The molecular formula is C17H23N3O3S3. The van der Waals surface area contributed by atoms with E-state index in [1.165, 1.54) is 5.56 Å². The zero-order valence-corrected chi connectivity index (χ0v) is 17.1. The smallest absolute Gasteiger partial charge is 0.175 e. The number of aliphatic hydroxyl groups is 1. The van der Waals surface area contributed by atoms with Crippen LogP contribution in [-0.4, -0.2) is 72.0 Å². The molecule has 1 aliphatic heterocycles. The van der Waals surface area contributed by atoms with Crippen molar-refractivity contribution in [3.63, 3.8) is 0 Å². The number of β-amino-alcohol motifs (C(OH)–C–C–N with tert-alkyl or cyclic N) is 1. The number of nitrogens with zero attached hydrogens (tertiary/aromatic N) is 3. The number of rotatable bonds is 9. The number of morpholine rings is 1. The molecule has 0 bridgehead atoms. The van der Waals surface area contributed by atoms with Crippen molar-refractivity contribution in [2.45, 2.75) is 20.5 Å². The molecule has 2 aromatic rings. The lowest BCUT2D eigenvalue weighted by Crippen LogP contribution is -2.41. The van der Waals surface area contributed by atoms with Crippen molar-refractivity contribution in [2.75, 3.05) is 45.7 Å². The summed E-state index contributed by atoms with van der Waals surface area (Å²) in [7, 11) is 1.67. The molecule has 0 amide bonds. The van der Waals surface area contributed by atoms with Gasteiger partial charge in [-0.2, -0.15) is 0 Å². The third-order valence-corrected chi connectivity index (χ3v) is 7.29. The Morgan fingerprint density at radius 3 is 2.58 bits per heavy atom. The van der Waals surface area contributed by atoms with E-state index >= 15 is 0 Å². The van der Waals surface area contributed by atoms with Gasteiger partial charge in [0.25, 0.3) is 0 Å². The predicted molar refractivity (Wildman–Crippen MR) is 106 cm³/mol. The van der Waals surface area contributed by atoms with E-state index in [1.54, 1.807) is 42.0 Å². The summed E-state index contributed by atoms with van der Waals surface area (Å²) in [5, 5.41) is 18.7. The van der Waals surface area contributed by atoms with Crippen molar-refractivity contribution < 1.29 is 14.6 Å². The van der Waals surface area contributed by atoms with Crippen molar-refractivity contribution in [1.29, 1.82) is 0 Å². The van der Waals surface area contributed by atoms with Crippen LogP contribution in [-0.2, 0) is 10.5 Å². The molecule has 6 nitrogen and oxygen atoms in total. The van der Waals surface area contributed by atoms with E-state index in [0.717, 1.165) is 46.5 Å². The fourth-order valence-electron chi connectivity index (χ4n) is 2.48. The van der Waals surface area contributed by atoms with Crippen molar-refractivity contribution >= 4 is 34.9 Å². The van der Waals surface area contributed by atoms with Crippen LogP contribution in [0.4, 0.5) is 0 Å². The Kier molecular flexibility index (Phi) is 8.03.